The Labute approximate surface area is 127 Å². The molecule has 1 aromatic heterocycles. The molecule has 0 atom stereocenters. The van der Waals surface area contributed by atoms with Gasteiger partial charge in [0.15, 0.2) is 0 Å². The minimum atomic E-state index is 0.973. The average molecular weight is 280 g/mol. The van der Waals surface area contributed by atoms with E-state index in [1.165, 1.54) is 26.9 Å². The Morgan fingerprint density at radius 1 is 0.500 bits per heavy atom. The molecule has 4 aromatic carbocycles. The van der Waals surface area contributed by atoms with Crippen molar-refractivity contribution in [1.82, 2.24) is 9.97 Å². The fourth-order valence-corrected chi connectivity index (χ4v) is 3.32. The highest BCUT2D eigenvalue weighted by atomic mass is 14.8. The molecule has 0 fully saturated rings. The van der Waals surface area contributed by atoms with Crippen molar-refractivity contribution in [3.63, 3.8) is 0 Å². The van der Waals surface area contributed by atoms with Crippen molar-refractivity contribution in [2.45, 2.75) is 0 Å². The van der Waals surface area contributed by atoms with Gasteiger partial charge >= 0.3 is 0 Å². The van der Waals surface area contributed by atoms with Gasteiger partial charge in [0.1, 0.15) is 0 Å². The van der Waals surface area contributed by atoms with Crippen LogP contribution in [-0.4, -0.2) is 9.97 Å². The van der Waals surface area contributed by atoms with Crippen LogP contribution in [-0.2, 0) is 0 Å². The number of aromatic nitrogens is 2. The predicted molar refractivity (Wildman–Crippen MR) is 92.1 cm³/mol. The first-order valence-corrected chi connectivity index (χ1v) is 7.36. The minimum Gasteiger partial charge on any atom is -0.252 e. The van der Waals surface area contributed by atoms with Crippen molar-refractivity contribution >= 4 is 43.4 Å². The Balaban J connectivity index is 2.17. The number of hydrogen-bond donors (Lipinski definition) is 0. The van der Waals surface area contributed by atoms with Gasteiger partial charge in [-0.25, -0.2) is 0 Å². The molecule has 0 spiro atoms. The third-order valence-electron chi connectivity index (χ3n) is 4.31. The summed E-state index contributed by atoms with van der Waals surface area (Å²) >= 11 is 0. The molecule has 0 aliphatic heterocycles. The Morgan fingerprint density at radius 2 is 1.05 bits per heavy atom. The number of nitrogens with zero attached hydrogens (tertiary/aromatic N) is 2. The zero-order valence-electron chi connectivity index (χ0n) is 11.8. The molecule has 5 rings (SSSR count). The Bertz CT molecular complexity index is 1080. The molecule has 0 aliphatic carbocycles. The van der Waals surface area contributed by atoms with Crippen LogP contribution in [0.25, 0.3) is 43.4 Å². The Kier molecular flexibility index (Phi) is 2.25. The average Bonchev–Trinajstić information content (AvgIpc) is 2.61. The van der Waals surface area contributed by atoms with Crippen molar-refractivity contribution in [2.75, 3.05) is 0 Å². The van der Waals surface area contributed by atoms with Gasteiger partial charge in [-0.15, -0.1) is 0 Å². The van der Waals surface area contributed by atoms with Crippen LogP contribution in [0.4, 0.5) is 0 Å². The van der Waals surface area contributed by atoms with Gasteiger partial charge in [0.25, 0.3) is 0 Å². The smallest absolute Gasteiger partial charge is 0.0971 e. The molecule has 102 valence electrons. The van der Waals surface area contributed by atoms with Gasteiger partial charge in [-0.1, -0.05) is 48.5 Å². The summed E-state index contributed by atoms with van der Waals surface area (Å²) in [7, 11) is 0. The quantitative estimate of drug-likeness (QED) is 0.292. The SMILES string of the molecule is c1ccc2cc3c(cc2c1)c1ccccc1c1nccnc31. The monoisotopic (exact) mass is 280 g/mol. The second-order valence-electron chi connectivity index (χ2n) is 5.54. The standard InChI is InChI=1S/C20H12N2/c1-2-6-14-12-18-17(11-13(14)5-1)15-7-3-4-8-16(15)19-20(18)22-10-9-21-19/h1-12H. The molecule has 0 saturated carbocycles. The zero-order valence-corrected chi connectivity index (χ0v) is 11.8. The van der Waals surface area contributed by atoms with Crippen LogP contribution >= 0.6 is 0 Å². The topological polar surface area (TPSA) is 25.8 Å². The van der Waals surface area contributed by atoms with E-state index in [4.69, 9.17) is 0 Å². The maximum absolute atomic E-state index is 4.60. The largest absolute Gasteiger partial charge is 0.252 e. The van der Waals surface area contributed by atoms with Crippen LogP contribution < -0.4 is 0 Å². The first kappa shape index (κ1) is 11.6. The fraction of sp³-hybridized carbons (Fsp3) is 0. The fourth-order valence-electron chi connectivity index (χ4n) is 3.32. The van der Waals surface area contributed by atoms with Gasteiger partial charge in [0, 0.05) is 23.2 Å². The Morgan fingerprint density at radius 3 is 1.77 bits per heavy atom. The zero-order chi connectivity index (χ0) is 14.5. The maximum atomic E-state index is 4.60. The van der Waals surface area contributed by atoms with Gasteiger partial charge in [0.2, 0.25) is 0 Å². The molecule has 2 nitrogen and oxygen atoms in total. The normalized spacial score (nSPS) is 11.6. The van der Waals surface area contributed by atoms with Crippen LogP contribution in [0.5, 0.6) is 0 Å². The summed E-state index contributed by atoms with van der Waals surface area (Å²) in [5.41, 5.74) is 1.95. The van der Waals surface area contributed by atoms with Crippen LogP contribution in [0.2, 0.25) is 0 Å². The lowest BCUT2D eigenvalue weighted by Gasteiger charge is -2.10. The molecule has 0 N–H and O–H groups in total. The van der Waals surface area contributed by atoms with Crippen LogP contribution in [0, 0.1) is 0 Å². The van der Waals surface area contributed by atoms with Gasteiger partial charge in [-0.05, 0) is 33.7 Å². The van der Waals surface area contributed by atoms with Crippen molar-refractivity contribution < 1.29 is 0 Å². The molecule has 0 bridgehead atoms. The van der Waals surface area contributed by atoms with Gasteiger partial charge in [-0.2, -0.15) is 0 Å². The lowest BCUT2D eigenvalue weighted by Crippen LogP contribution is -1.88. The van der Waals surface area contributed by atoms with E-state index in [9.17, 15) is 0 Å². The van der Waals surface area contributed by atoms with Crippen molar-refractivity contribution in [1.29, 1.82) is 0 Å². The summed E-state index contributed by atoms with van der Waals surface area (Å²) in [6.45, 7) is 0. The first-order chi connectivity index (χ1) is 10.9. The predicted octanol–water partition coefficient (Wildman–Crippen LogP) is 5.09. The van der Waals surface area contributed by atoms with Crippen molar-refractivity contribution in [3.8, 4) is 0 Å². The van der Waals surface area contributed by atoms with E-state index in [1.807, 2.05) is 0 Å². The summed E-state index contributed by atoms with van der Waals surface area (Å²) in [6.07, 6.45) is 3.54. The summed E-state index contributed by atoms with van der Waals surface area (Å²) in [5.74, 6) is 0. The van der Waals surface area contributed by atoms with E-state index < -0.39 is 0 Å². The first-order valence-electron chi connectivity index (χ1n) is 7.36. The highest BCUT2D eigenvalue weighted by Crippen LogP contribution is 2.35. The molecular formula is C20H12N2. The molecule has 0 radical (unpaired) electrons. The lowest BCUT2D eigenvalue weighted by atomic mass is 9.96. The van der Waals surface area contributed by atoms with E-state index >= 15 is 0 Å². The summed E-state index contributed by atoms with van der Waals surface area (Å²) in [5, 5.41) is 7.29. The van der Waals surface area contributed by atoms with E-state index in [1.54, 1.807) is 12.4 Å². The number of rotatable bonds is 0. The maximum Gasteiger partial charge on any atom is 0.0971 e. The number of fused-ring (bicyclic) bond motifs is 7. The van der Waals surface area contributed by atoms with Gasteiger partial charge in [0.05, 0.1) is 11.0 Å². The summed E-state index contributed by atoms with van der Waals surface area (Å²) < 4.78 is 0. The highest BCUT2D eigenvalue weighted by Gasteiger charge is 2.10. The van der Waals surface area contributed by atoms with Gasteiger partial charge < -0.3 is 0 Å². The number of benzene rings is 4. The second-order valence-corrected chi connectivity index (χ2v) is 5.54. The third-order valence-corrected chi connectivity index (χ3v) is 4.31. The lowest BCUT2D eigenvalue weighted by molar-refractivity contribution is 1.31. The molecule has 22 heavy (non-hydrogen) atoms. The van der Waals surface area contributed by atoms with Crippen LogP contribution in [0.15, 0.2) is 73.1 Å². The Hall–Kier alpha value is -3.00. The van der Waals surface area contributed by atoms with E-state index in [2.05, 4.69) is 70.6 Å². The molecule has 2 heteroatoms. The highest BCUT2D eigenvalue weighted by molar-refractivity contribution is 6.25. The molecule has 5 aromatic rings. The minimum absolute atomic E-state index is 0.973. The summed E-state index contributed by atoms with van der Waals surface area (Å²) in [4.78, 5) is 9.18. The molecular weight excluding hydrogens is 268 g/mol. The molecule has 0 aliphatic rings. The third kappa shape index (κ3) is 1.49. The van der Waals surface area contributed by atoms with Crippen LogP contribution in [0.3, 0.4) is 0 Å². The molecule has 0 unspecified atom stereocenters. The van der Waals surface area contributed by atoms with Gasteiger partial charge in [-0.3, -0.25) is 9.97 Å². The molecule has 0 amide bonds. The number of hydrogen-bond acceptors (Lipinski definition) is 2. The molecule has 1 heterocycles. The van der Waals surface area contributed by atoms with E-state index in [0.717, 1.165) is 16.4 Å². The van der Waals surface area contributed by atoms with Crippen molar-refractivity contribution in [3.05, 3.63) is 73.1 Å². The second kappa shape index (κ2) is 4.25. The van der Waals surface area contributed by atoms with Crippen LogP contribution in [0.1, 0.15) is 0 Å². The summed E-state index contributed by atoms with van der Waals surface area (Å²) in [6, 6.07) is 21.4. The van der Waals surface area contributed by atoms with E-state index in [0.29, 0.717) is 0 Å². The molecule has 0 saturated heterocycles. The van der Waals surface area contributed by atoms with Crippen molar-refractivity contribution in [2.24, 2.45) is 0 Å². The van der Waals surface area contributed by atoms with E-state index in [-0.39, 0.29) is 0 Å².